The Labute approximate surface area is 169 Å². The van der Waals surface area contributed by atoms with Crippen LogP contribution >= 0.6 is 11.8 Å². The molecular formula is C22H24O5S. The molecule has 0 spiro atoms. The predicted octanol–water partition coefficient (Wildman–Crippen LogP) is 4.05. The first-order valence-electron chi connectivity index (χ1n) is 9.43. The lowest BCUT2D eigenvalue weighted by molar-refractivity contribution is -0.310. The molecule has 6 heteroatoms. The number of hydrogen-bond acceptors (Lipinski definition) is 6. The molecule has 5 nitrogen and oxygen atoms in total. The number of rotatable bonds is 4. The average Bonchev–Trinajstić information content (AvgIpc) is 2.76. The normalized spacial score (nSPS) is 32.4. The van der Waals surface area contributed by atoms with Crippen LogP contribution in [0.2, 0.25) is 0 Å². The molecule has 28 heavy (non-hydrogen) atoms. The van der Waals surface area contributed by atoms with Crippen molar-refractivity contribution in [2.24, 2.45) is 5.92 Å². The minimum Gasteiger partial charge on any atom is -0.455 e. The van der Waals surface area contributed by atoms with Gasteiger partial charge in [-0.3, -0.25) is 0 Å². The molecule has 0 aromatic heterocycles. The molecule has 0 N–H and O–H groups in total. The summed E-state index contributed by atoms with van der Waals surface area (Å²) in [5.74, 6) is -0.359. The second-order valence-electron chi connectivity index (χ2n) is 7.05. The summed E-state index contributed by atoms with van der Waals surface area (Å²) in [6.45, 7) is 2.43. The Bertz CT molecular complexity index is 784. The Hall–Kier alpha value is -1.86. The Morgan fingerprint density at radius 3 is 2.39 bits per heavy atom. The fourth-order valence-corrected chi connectivity index (χ4v) is 4.54. The number of esters is 1. The first kappa shape index (κ1) is 19.5. The molecule has 4 rings (SSSR count). The molecule has 2 aromatic rings. The summed E-state index contributed by atoms with van der Waals surface area (Å²) in [6.07, 6.45) is 0.419. The van der Waals surface area contributed by atoms with Crippen molar-refractivity contribution in [1.29, 1.82) is 0 Å². The predicted molar refractivity (Wildman–Crippen MR) is 107 cm³/mol. The Kier molecular flexibility index (Phi) is 6.01. The first-order valence-corrected chi connectivity index (χ1v) is 10.7. The second-order valence-corrected chi connectivity index (χ2v) is 7.99. The molecule has 2 fully saturated rings. The average molecular weight is 400 g/mol. The molecule has 3 unspecified atom stereocenters. The van der Waals surface area contributed by atoms with E-state index in [9.17, 15) is 4.79 Å². The fraction of sp³-hybridized carbons (Fsp3) is 0.409. The van der Waals surface area contributed by atoms with E-state index in [4.69, 9.17) is 18.9 Å². The SMILES string of the molecule is CS[C@@H]1OC2COC(c3ccccc3)O[C@H]2[C@H](OC(=O)c2ccccc2)C1C. The standard InChI is InChI=1S/C22H24O5S/c1-14-18(26-20(23)15-9-5-3-6-10-15)19-17(25-22(14)28-2)13-24-21(27-19)16-11-7-4-8-12-16/h3-12,14,17-19,21-22H,13H2,1-2H3/t14?,17?,18-,19-,21?,22+/m1/s1. The van der Waals surface area contributed by atoms with Gasteiger partial charge in [0.2, 0.25) is 0 Å². The monoisotopic (exact) mass is 400 g/mol. The van der Waals surface area contributed by atoms with Crippen molar-refractivity contribution < 1.29 is 23.7 Å². The van der Waals surface area contributed by atoms with Crippen LogP contribution in [0.5, 0.6) is 0 Å². The lowest BCUT2D eigenvalue weighted by atomic mass is 9.92. The maximum atomic E-state index is 12.7. The number of fused-ring (bicyclic) bond motifs is 1. The van der Waals surface area contributed by atoms with Crippen LogP contribution in [0.1, 0.15) is 29.1 Å². The van der Waals surface area contributed by atoms with Gasteiger partial charge in [0.25, 0.3) is 0 Å². The van der Waals surface area contributed by atoms with Crippen molar-refractivity contribution >= 4 is 17.7 Å². The van der Waals surface area contributed by atoms with E-state index in [-0.39, 0.29) is 29.5 Å². The van der Waals surface area contributed by atoms with Crippen LogP contribution in [0, 0.1) is 5.92 Å². The molecule has 0 bridgehead atoms. The molecule has 2 heterocycles. The number of thioether (sulfide) groups is 1. The highest BCUT2D eigenvalue weighted by molar-refractivity contribution is 7.99. The number of ether oxygens (including phenoxy) is 4. The zero-order chi connectivity index (χ0) is 19.5. The summed E-state index contributed by atoms with van der Waals surface area (Å²) in [5, 5.41) is 0. The fourth-order valence-electron chi connectivity index (χ4n) is 3.70. The van der Waals surface area contributed by atoms with Crippen LogP contribution in [0.3, 0.4) is 0 Å². The quantitative estimate of drug-likeness (QED) is 0.722. The van der Waals surface area contributed by atoms with Gasteiger partial charge in [0.1, 0.15) is 23.7 Å². The summed E-state index contributed by atoms with van der Waals surface area (Å²) in [6, 6.07) is 18.8. The van der Waals surface area contributed by atoms with E-state index in [0.29, 0.717) is 12.2 Å². The van der Waals surface area contributed by atoms with Gasteiger partial charge >= 0.3 is 5.97 Å². The van der Waals surface area contributed by atoms with Gasteiger partial charge in [-0.15, -0.1) is 11.8 Å². The van der Waals surface area contributed by atoms with Crippen molar-refractivity contribution in [3.8, 4) is 0 Å². The van der Waals surface area contributed by atoms with E-state index >= 15 is 0 Å². The van der Waals surface area contributed by atoms with Gasteiger partial charge in [-0.05, 0) is 18.4 Å². The number of carbonyl (C=O) groups is 1. The third kappa shape index (κ3) is 3.96. The van der Waals surface area contributed by atoms with Gasteiger partial charge in [-0.25, -0.2) is 4.79 Å². The summed E-state index contributed by atoms with van der Waals surface area (Å²) in [4.78, 5) is 12.7. The van der Waals surface area contributed by atoms with Crippen LogP contribution < -0.4 is 0 Å². The Morgan fingerprint density at radius 2 is 1.71 bits per heavy atom. The molecule has 2 aliphatic rings. The highest BCUT2D eigenvalue weighted by Gasteiger charge is 2.50. The smallest absolute Gasteiger partial charge is 0.338 e. The molecule has 0 radical (unpaired) electrons. The Morgan fingerprint density at radius 1 is 1.04 bits per heavy atom. The van der Waals surface area contributed by atoms with E-state index in [1.54, 1.807) is 23.9 Å². The van der Waals surface area contributed by atoms with Crippen LogP contribution in [-0.2, 0) is 18.9 Å². The van der Waals surface area contributed by atoms with E-state index < -0.39 is 12.4 Å². The zero-order valence-corrected chi connectivity index (χ0v) is 16.7. The Balaban J connectivity index is 1.56. The summed E-state index contributed by atoms with van der Waals surface area (Å²) >= 11 is 1.61. The first-order chi connectivity index (χ1) is 13.7. The molecule has 6 atom stereocenters. The van der Waals surface area contributed by atoms with E-state index in [2.05, 4.69) is 0 Å². The maximum Gasteiger partial charge on any atom is 0.338 e. The molecule has 0 amide bonds. The van der Waals surface area contributed by atoms with Crippen molar-refractivity contribution in [1.82, 2.24) is 0 Å². The molecule has 0 saturated carbocycles. The van der Waals surface area contributed by atoms with Crippen molar-refractivity contribution in [3.05, 3.63) is 71.8 Å². The maximum absolute atomic E-state index is 12.7. The summed E-state index contributed by atoms with van der Waals surface area (Å²) in [7, 11) is 0. The van der Waals surface area contributed by atoms with E-state index in [1.807, 2.05) is 61.7 Å². The van der Waals surface area contributed by atoms with Gasteiger partial charge in [0.15, 0.2) is 6.29 Å². The van der Waals surface area contributed by atoms with Gasteiger partial charge < -0.3 is 18.9 Å². The van der Waals surface area contributed by atoms with Gasteiger partial charge in [0.05, 0.1) is 12.2 Å². The lowest BCUT2D eigenvalue weighted by Crippen LogP contribution is -2.59. The molecule has 2 aromatic carbocycles. The third-order valence-electron chi connectivity index (χ3n) is 5.20. The highest BCUT2D eigenvalue weighted by Crippen LogP contribution is 2.40. The van der Waals surface area contributed by atoms with Crippen molar-refractivity contribution in [3.63, 3.8) is 0 Å². The second kappa shape index (κ2) is 8.66. The van der Waals surface area contributed by atoms with Crippen LogP contribution in [0.15, 0.2) is 60.7 Å². The number of benzene rings is 2. The molecule has 2 aliphatic heterocycles. The van der Waals surface area contributed by atoms with E-state index in [1.165, 1.54) is 0 Å². The molecule has 2 saturated heterocycles. The van der Waals surface area contributed by atoms with Crippen molar-refractivity contribution in [2.45, 2.75) is 37.0 Å². The number of hydrogen-bond donors (Lipinski definition) is 0. The van der Waals surface area contributed by atoms with E-state index in [0.717, 1.165) is 5.56 Å². The van der Waals surface area contributed by atoms with Gasteiger partial charge in [-0.1, -0.05) is 55.5 Å². The van der Waals surface area contributed by atoms with Crippen molar-refractivity contribution in [2.75, 3.05) is 12.9 Å². The molecule has 148 valence electrons. The zero-order valence-electron chi connectivity index (χ0n) is 15.9. The molecular weight excluding hydrogens is 376 g/mol. The summed E-state index contributed by atoms with van der Waals surface area (Å²) in [5.41, 5.74) is 1.38. The minimum absolute atomic E-state index is 0.0153. The summed E-state index contributed by atoms with van der Waals surface area (Å²) < 4.78 is 24.3. The topological polar surface area (TPSA) is 54.0 Å². The molecule has 0 aliphatic carbocycles. The lowest BCUT2D eigenvalue weighted by Gasteiger charge is -2.48. The number of carbonyl (C=O) groups excluding carboxylic acids is 1. The largest absolute Gasteiger partial charge is 0.455 e. The van der Waals surface area contributed by atoms with Crippen LogP contribution in [0.25, 0.3) is 0 Å². The van der Waals surface area contributed by atoms with Gasteiger partial charge in [-0.2, -0.15) is 0 Å². The van der Waals surface area contributed by atoms with Crippen LogP contribution in [0.4, 0.5) is 0 Å². The minimum atomic E-state index is -0.498. The third-order valence-corrected chi connectivity index (χ3v) is 6.20. The highest BCUT2D eigenvalue weighted by atomic mass is 32.2. The van der Waals surface area contributed by atoms with Gasteiger partial charge in [0, 0.05) is 11.5 Å². The van der Waals surface area contributed by atoms with Crippen LogP contribution in [-0.4, -0.2) is 42.6 Å².